The minimum atomic E-state index is -1.25. The summed E-state index contributed by atoms with van der Waals surface area (Å²) in [6.07, 6.45) is 17.7. The average Bonchev–Trinajstić information content (AvgIpc) is 2.46. The van der Waals surface area contributed by atoms with Crippen LogP contribution in [0.1, 0.15) is 90.4 Å². The summed E-state index contributed by atoms with van der Waals surface area (Å²) in [5.74, 6) is -1.25. The van der Waals surface area contributed by atoms with Crippen molar-refractivity contribution < 1.29 is 44.6 Å². The summed E-state index contributed by atoms with van der Waals surface area (Å²) in [5, 5.41) is 19.7. The van der Waals surface area contributed by atoms with E-state index in [2.05, 4.69) is 6.92 Å². The number of hydrogen-bond acceptors (Lipinski definition) is 3. The third-order valence-corrected chi connectivity index (χ3v) is 3.81. The van der Waals surface area contributed by atoms with Crippen LogP contribution < -0.4 is 34.7 Å². The molecule has 1 atom stereocenters. The Kier molecular flexibility index (Phi) is 21.3. The summed E-state index contributed by atoms with van der Waals surface area (Å²) < 4.78 is 0. The van der Waals surface area contributed by atoms with Gasteiger partial charge in [0, 0.05) is 0 Å². The summed E-state index contributed by atoms with van der Waals surface area (Å²) in [6, 6.07) is 0. The van der Waals surface area contributed by atoms with Gasteiger partial charge in [-0.25, -0.2) is 0 Å². The van der Waals surface area contributed by atoms with E-state index in [4.69, 9.17) is 0 Å². The number of hydrogen-bond donors (Lipinski definition) is 1. The van der Waals surface area contributed by atoms with Crippen LogP contribution in [0, 0.1) is 0 Å². The number of rotatable bonds is 15. The molecule has 22 heavy (non-hydrogen) atoms. The van der Waals surface area contributed by atoms with Crippen molar-refractivity contribution in [2.24, 2.45) is 0 Å². The Hall–Kier alpha value is 0.170. The van der Waals surface area contributed by atoms with Crippen molar-refractivity contribution in [3.05, 3.63) is 12.2 Å². The molecule has 0 heterocycles. The fourth-order valence-electron chi connectivity index (χ4n) is 2.48. The van der Waals surface area contributed by atoms with Crippen LogP contribution in [-0.2, 0) is 4.79 Å². The molecule has 1 unspecified atom stereocenters. The van der Waals surface area contributed by atoms with E-state index in [1.54, 1.807) is 0 Å². The van der Waals surface area contributed by atoms with E-state index in [0.717, 1.165) is 18.9 Å². The second-order valence-electron chi connectivity index (χ2n) is 5.92. The summed E-state index contributed by atoms with van der Waals surface area (Å²) >= 11 is 0. The third-order valence-electron chi connectivity index (χ3n) is 3.81. The first kappa shape index (κ1) is 24.4. The number of aliphatic carboxylic acids is 1. The molecule has 0 aromatic rings. The predicted molar refractivity (Wildman–Crippen MR) is 85.8 cm³/mol. The van der Waals surface area contributed by atoms with Crippen molar-refractivity contribution in [3.8, 4) is 0 Å². The molecule has 0 saturated heterocycles. The van der Waals surface area contributed by atoms with Gasteiger partial charge >= 0.3 is 29.6 Å². The van der Waals surface area contributed by atoms with E-state index >= 15 is 0 Å². The van der Waals surface area contributed by atoms with Gasteiger partial charge in [-0.3, -0.25) is 0 Å². The van der Waals surface area contributed by atoms with Crippen molar-refractivity contribution >= 4 is 5.97 Å². The van der Waals surface area contributed by atoms with Gasteiger partial charge in [0.2, 0.25) is 0 Å². The van der Waals surface area contributed by atoms with Crippen LogP contribution in [0.5, 0.6) is 0 Å². The molecule has 0 aliphatic carbocycles. The molecule has 0 aliphatic rings. The molecule has 4 heteroatoms. The van der Waals surface area contributed by atoms with Gasteiger partial charge in [-0.2, -0.15) is 0 Å². The zero-order valence-corrected chi connectivity index (χ0v) is 16.7. The second-order valence-corrected chi connectivity index (χ2v) is 5.92. The maximum absolute atomic E-state index is 10.2. The minimum Gasteiger partial charge on any atom is -0.545 e. The van der Waals surface area contributed by atoms with E-state index in [0.29, 0.717) is 6.42 Å². The topological polar surface area (TPSA) is 60.4 Å². The molecule has 124 valence electrons. The van der Waals surface area contributed by atoms with Crippen LogP contribution in [0.2, 0.25) is 0 Å². The zero-order valence-electron chi connectivity index (χ0n) is 14.7. The first-order valence-corrected chi connectivity index (χ1v) is 8.74. The van der Waals surface area contributed by atoms with Crippen LogP contribution in [0.3, 0.4) is 0 Å². The van der Waals surface area contributed by atoms with Gasteiger partial charge in [0.1, 0.15) is 0 Å². The first-order valence-electron chi connectivity index (χ1n) is 8.74. The molecular weight excluding hydrogens is 287 g/mol. The molecule has 0 amide bonds. The van der Waals surface area contributed by atoms with E-state index in [1.807, 2.05) is 0 Å². The monoisotopic (exact) mass is 320 g/mol. The summed E-state index contributed by atoms with van der Waals surface area (Å²) in [5.41, 5.74) is 0. The fourth-order valence-corrected chi connectivity index (χ4v) is 2.48. The van der Waals surface area contributed by atoms with Gasteiger partial charge < -0.3 is 15.0 Å². The molecule has 0 radical (unpaired) electrons. The molecule has 0 bridgehead atoms. The Morgan fingerprint density at radius 3 is 1.73 bits per heavy atom. The van der Waals surface area contributed by atoms with Gasteiger partial charge in [-0.15, -0.1) is 0 Å². The Morgan fingerprint density at radius 2 is 1.32 bits per heavy atom. The Bertz CT molecular complexity index is 267. The van der Waals surface area contributed by atoms with Gasteiger partial charge in [-0.05, 0) is 12.5 Å². The van der Waals surface area contributed by atoms with E-state index in [1.165, 1.54) is 70.3 Å². The predicted octanol–water partition coefficient (Wildman–Crippen LogP) is 0.749. The van der Waals surface area contributed by atoms with Crippen molar-refractivity contribution in [1.29, 1.82) is 0 Å². The average molecular weight is 320 g/mol. The molecule has 0 aromatic carbocycles. The van der Waals surface area contributed by atoms with Crippen molar-refractivity contribution in [1.82, 2.24) is 0 Å². The van der Waals surface area contributed by atoms with E-state index in [9.17, 15) is 15.0 Å². The molecular formula is C18H33NaO3. The van der Waals surface area contributed by atoms with Crippen molar-refractivity contribution in [3.63, 3.8) is 0 Å². The minimum absolute atomic E-state index is 0. The largest absolute Gasteiger partial charge is 1.00 e. The molecule has 0 aromatic heterocycles. The van der Waals surface area contributed by atoms with E-state index < -0.39 is 12.1 Å². The molecule has 3 nitrogen and oxygen atoms in total. The number of unbranched alkanes of at least 4 members (excludes halogenated alkanes) is 11. The molecule has 0 spiro atoms. The number of carboxylic acids is 1. The molecule has 1 N–H and O–H groups in total. The summed E-state index contributed by atoms with van der Waals surface area (Å²) in [4.78, 5) is 10.2. The number of carboxylic acid groups (broad SMARTS) is 1. The maximum atomic E-state index is 10.2. The number of carbonyl (C=O) groups is 1. The Morgan fingerprint density at radius 1 is 0.909 bits per heavy atom. The quantitative estimate of drug-likeness (QED) is 0.275. The number of carbonyl (C=O) groups excluding carboxylic acids is 1. The van der Waals surface area contributed by atoms with E-state index in [-0.39, 0.29) is 29.6 Å². The van der Waals surface area contributed by atoms with Crippen LogP contribution in [0.15, 0.2) is 12.2 Å². The number of aliphatic hydroxyl groups is 1. The Labute approximate surface area is 158 Å². The normalized spacial score (nSPS) is 12.3. The third kappa shape index (κ3) is 20.2. The fraction of sp³-hybridized carbons (Fsp3) is 0.833. The van der Waals surface area contributed by atoms with Gasteiger partial charge in [0.15, 0.2) is 0 Å². The molecule has 0 fully saturated rings. The van der Waals surface area contributed by atoms with Crippen molar-refractivity contribution in [2.45, 2.75) is 96.5 Å². The smallest absolute Gasteiger partial charge is 0.545 e. The standard InChI is InChI=1S/C18H34O3.Na/c1-2-3-4-5-6-7-8-9-10-11-12-13-14-17(19)15-16-18(20)21;/h15-17,19H,2-14H2,1H3,(H,20,21);/q;+1/p-1. The Balaban J connectivity index is 0. The van der Waals surface area contributed by atoms with Gasteiger partial charge in [-0.1, -0.05) is 90.0 Å². The number of aliphatic hydroxyl groups excluding tert-OH is 1. The van der Waals surface area contributed by atoms with Crippen LogP contribution in [0.25, 0.3) is 0 Å². The van der Waals surface area contributed by atoms with Crippen molar-refractivity contribution in [2.75, 3.05) is 0 Å². The second kappa shape index (κ2) is 19.2. The molecule has 0 rings (SSSR count). The summed E-state index contributed by atoms with van der Waals surface area (Å²) in [6.45, 7) is 2.25. The van der Waals surface area contributed by atoms with Crippen LogP contribution >= 0.6 is 0 Å². The maximum Gasteiger partial charge on any atom is 1.00 e. The SMILES string of the molecule is CCCCCCCCCCCCCCC(O)C=CC(=O)[O-].[Na+]. The molecule has 0 saturated carbocycles. The van der Waals surface area contributed by atoms with Gasteiger partial charge in [0.05, 0.1) is 12.1 Å². The zero-order chi connectivity index (χ0) is 15.8. The van der Waals surface area contributed by atoms with Crippen LogP contribution in [-0.4, -0.2) is 17.2 Å². The van der Waals surface area contributed by atoms with Gasteiger partial charge in [0.25, 0.3) is 0 Å². The molecule has 0 aliphatic heterocycles. The van der Waals surface area contributed by atoms with Crippen LogP contribution in [0.4, 0.5) is 0 Å². The first-order chi connectivity index (χ1) is 10.2. The summed E-state index contributed by atoms with van der Waals surface area (Å²) in [7, 11) is 0.